The van der Waals surface area contributed by atoms with Crippen LogP contribution in [-0.4, -0.2) is 12.1 Å². The van der Waals surface area contributed by atoms with Crippen LogP contribution in [-0.2, 0) is 6.42 Å². The van der Waals surface area contributed by atoms with Crippen molar-refractivity contribution in [3.8, 4) is 22.4 Å². The maximum Gasteiger partial charge on any atom is 0.124 e. The standard InChI is InChI=1S/C14H14N2OS/c1-9-6-11(7-10(2)13(9)17-3)14-16-12(4-5-15)8-18-14/h6-8H,4H2,1-3H3. The summed E-state index contributed by atoms with van der Waals surface area (Å²) in [5, 5.41) is 11.5. The first-order valence-corrected chi connectivity index (χ1v) is 6.50. The molecule has 0 aliphatic heterocycles. The van der Waals surface area contributed by atoms with Gasteiger partial charge in [-0.3, -0.25) is 0 Å². The van der Waals surface area contributed by atoms with E-state index < -0.39 is 0 Å². The summed E-state index contributed by atoms with van der Waals surface area (Å²) in [7, 11) is 1.68. The van der Waals surface area contributed by atoms with Crippen molar-refractivity contribution < 1.29 is 4.74 Å². The largest absolute Gasteiger partial charge is 0.496 e. The lowest BCUT2D eigenvalue weighted by Gasteiger charge is -2.09. The van der Waals surface area contributed by atoms with Gasteiger partial charge in [-0.05, 0) is 37.1 Å². The monoisotopic (exact) mass is 258 g/mol. The predicted octanol–water partition coefficient (Wildman–Crippen LogP) is 3.50. The van der Waals surface area contributed by atoms with Crippen molar-refractivity contribution in [2.24, 2.45) is 0 Å². The number of rotatable bonds is 3. The van der Waals surface area contributed by atoms with Crippen molar-refractivity contribution in [3.63, 3.8) is 0 Å². The molecule has 0 saturated heterocycles. The highest BCUT2D eigenvalue weighted by atomic mass is 32.1. The summed E-state index contributed by atoms with van der Waals surface area (Å²) in [6.07, 6.45) is 0.366. The van der Waals surface area contributed by atoms with Gasteiger partial charge in [-0.25, -0.2) is 4.98 Å². The third kappa shape index (κ3) is 2.36. The van der Waals surface area contributed by atoms with Gasteiger partial charge in [0.15, 0.2) is 0 Å². The Labute approximate surface area is 111 Å². The molecule has 0 aliphatic carbocycles. The van der Waals surface area contributed by atoms with Gasteiger partial charge in [-0.2, -0.15) is 5.26 Å². The third-order valence-corrected chi connectivity index (χ3v) is 3.66. The first kappa shape index (κ1) is 12.6. The van der Waals surface area contributed by atoms with Crippen molar-refractivity contribution >= 4 is 11.3 Å². The normalized spacial score (nSPS) is 10.1. The highest BCUT2D eigenvalue weighted by molar-refractivity contribution is 7.13. The fraction of sp³-hybridized carbons (Fsp3) is 0.286. The quantitative estimate of drug-likeness (QED) is 0.846. The molecule has 0 aliphatic rings. The van der Waals surface area contributed by atoms with Gasteiger partial charge in [0.1, 0.15) is 10.8 Å². The Kier molecular flexibility index (Phi) is 3.63. The first-order valence-electron chi connectivity index (χ1n) is 5.62. The molecular weight excluding hydrogens is 244 g/mol. The Bertz CT molecular complexity index is 587. The smallest absolute Gasteiger partial charge is 0.124 e. The number of ether oxygens (including phenoxy) is 1. The first-order chi connectivity index (χ1) is 8.65. The molecule has 0 bridgehead atoms. The van der Waals surface area contributed by atoms with E-state index in [9.17, 15) is 0 Å². The zero-order valence-electron chi connectivity index (χ0n) is 10.7. The number of aryl methyl sites for hydroxylation is 2. The second-order valence-electron chi connectivity index (χ2n) is 4.12. The van der Waals surface area contributed by atoms with Gasteiger partial charge < -0.3 is 4.74 Å². The summed E-state index contributed by atoms with van der Waals surface area (Å²) in [6, 6.07) is 6.25. The second kappa shape index (κ2) is 5.19. The van der Waals surface area contributed by atoms with Gasteiger partial charge in [0.05, 0.1) is 25.3 Å². The zero-order valence-corrected chi connectivity index (χ0v) is 11.5. The van der Waals surface area contributed by atoms with E-state index in [-0.39, 0.29) is 0 Å². The Balaban J connectivity index is 2.42. The van der Waals surface area contributed by atoms with E-state index >= 15 is 0 Å². The van der Waals surface area contributed by atoms with Gasteiger partial charge in [-0.1, -0.05) is 0 Å². The minimum atomic E-state index is 0.366. The third-order valence-electron chi connectivity index (χ3n) is 2.72. The van der Waals surface area contributed by atoms with E-state index in [1.807, 2.05) is 19.2 Å². The average Bonchev–Trinajstić information content (AvgIpc) is 2.78. The van der Waals surface area contributed by atoms with Crippen molar-refractivity contribution in [1.29, 1.82) is 5.26 Å². The lowest BCUT2D eigenvalue weighted by Crippen LogP contribution is -1.92. The lowest BCUT2D eigenvalue weighted by atomic mass is 10.1. The van der Waals surface area contributed by atoms with Crippen LogP contribution in [0.3, 0.4) is 0 Å². The van der Waals surface area contributed by atoms with Crippen LogP contribution in [0.4, 0.5) is 0 Å². The number of aromatic nitrogens is 1. The number of hydrogen-bond donors (Lipinski definition) is 0. The molecule has 1 aromatic heterocycles. The number of nitriles is 1. The molecule has 2 rings (SSSR count). The lowest BCUT2D eigenvalue weighted by molar-refractivity contribution is 0.408. The van der Waals surface area contributed by atoms with Crippen LogP contribution in [0.5, 0.6) is 5.75 Å². The summed E-state index contributed by atoms with van der Waals surface area (Å²) in [6.45, 7) is 4.05. The molecule has 0 radical (unpaired) electrons. The van der Waals surface area contributed by atoms with Crippen LogP contribution in [0.2, 0.25) is 0 Å². The second-order valence-corrected chi connectivity index (χ2v) is 4.98. The summed E-state index contributed by atoms with van der Waals surface area (Å²) in [5.41, 5.74) is 4.12. The summed E-state index contributed by atoms with van der Waals surface area (Å²) in [4.78, 5) is 4.46. The van der Waals surface area contributed by atoms with Crippen LogP contribution >= 0.6 is 11.3 Å². The number of methoxy groups -OCH3 is 1. The summed E-state index contributed by atoms with van der Waals surface area (Å²) in [5.74, 6) is 0.924. The van der Waals surface area contributed by atoms with Crippen molar-refractivity contribution in [1.82, 2.24) is 4.98 Å². The SMILES string of the molecule is COc1c(C)cc(-c2nc(CC#N)cs2)cc1C. The molecule has 2 aromatic rings. The van der Waals surface area contributed by atoms with Gasteiger partial charge in [0.2, 0.25) is 0 Å². The maximum absolute atomic E-state index is 8.65. The molecule has 1 heterocycles. The van der Waals surface area contributed by atoms with Crippen molar-refractivity contribution in [2.45, 2.75) is 20.3 Å². The molecule has 4 heteroatoms. The number of hydrogen-bond acceptors (Lipinski definition) is 4. The van der Waals surface area contributed by atoms with Crippen LogP contribution in [0.15, 0.2) is 17.5 Å². The van der Waals surface area contributed by atoms with E-state index in [1.54, 1.807) is 18.4 Å². The molecule has 92 valence electrons. The Morgan fingerprint density at radius 1 is 1.33 bits per heavy atom. The summed E-state index contributed by atoms with van der Waals surface area (Å²) < 4.78 is 5.35. The highest BCUT2D eigenvalue weighted by Gasteiger charge is 2.09. The highest BCUT2D eigenvalue weighted by Crippen LogP contribution is 2.31. The molecule has 0 spiro atoms. The Morgan fingerprint density at radius 2 is 2.00 bits per heavy atom. The van der Waals surface area contributed by atoms with Gasteiger partial charge in [0.25, 0.3) is 0 Å². The van der Waals surface area contributed by atoms with Crippen LogP contribution in [0.1, 0.15) is 16.8 Å². The number of nitrogens with zero attached hydrogens (tertiary/aromatic N) is 2. The summed E-state index contributed by atoms with van der Waals surface area (Å²) >= 11 is 1.57. The average molecular weight is 258 g/mol. The topological polar surface area (TPSA) is 45.9 Å². The van der Waals surface area contributed by atoms with Gasteiger partial charge in [-0.15, -0.1) is 11.3 Å². The molecule has 0 N–H and O–H groups in total. The molecule has 3 nitrogen and oxygen atoms in total. The fourth-order valence-corrected chi connectivity index (χ4v) is 2.81. The van der Waals surface area contributed by atoms with Crippen LogP contribution in [0.25, 0.3) is 10.6 Å². The molecule has 1 aromatic carbocycles. The van der Waals surface area contributed by atoms with E-state index in [4.69, 9.17) is 10.00 Å². The Hall–Kier alpha value is -1.86. The van der Waals surface area contributed by atoms with Crippen LogP contribution < -0.4 is 4.74 Å². The predicted molar refractivity (Wildman–Crippen MR) is 72.9 cm³/mol. The molecule has 0 amide bonds. The number of benzene rings is 1. The molecule has 0 atom stereocenters. The molecule has 0 unspecified atom stereocenters. The minimum absolute atomic E-state index is 0.366. The zero-order chi connectivity index (χ0) is 13.1. The van der Waals surface area contributed by atoms with E-state index in [1.165, 1.54) is 0 Å². The maximum atomic E-state index is 8.65. The molecule has 18 heavy (non-hydrogen) atoms. The van der Waals surface area contributed by atoms with E-state index in [0.717, 1.165) is 33.1 Å². The minimum Gasteiger partial charge on any atom is -0.496 e. The van der Waals surface area contributed by atoms with Crippen molar-refractivity contribution in [3.05, 3.63) is 34.3 Å². The van der Waals surface area contributed by atoms with Crippen molar-refractivity contribution in [2.75, 3.05) is 7.11 Å². The van der Waals surface area contributed by atoms with E-state index in [2.05, 4.69) is 23.2 Å². The molecule has 0 fully saturated rings. The van der Waals surface area contributed by atoms with Crippen LogP contribution in [0, 0.1) is 25.2 Å². The number of thiazole rings is 1. The molecular formula is C14H14N2OS. The Morgan fingerprint density at radius 3 is 2.56 bits per heavy atom. The molecule has 0 saturated carbocycles. The van der Waals surface area contributed by atoms with E-state index in [0.29, 0.717) is 6.42 Å². The fourth-order valence-electron chi connectivity index (χ4n) is 2.00. The van der Waals surface area contributed by atoms with Gasteiger partial charge in [0, 0.05) is 10.9 Å². The van der Waals surface area contributed by atoms with Gasteiger partial charge >= 0.3 is 0 Å².